The van der Waals surface area contributed by atoms with Gasteiger partial charge in [0, 0.05) is 21.3 Å². The fourth-order valence-corrected chi connectivity index (χ4v) is 3.54. The minimum absolute atomic E-state index is 0.358. The molecule has 0 unspecified atom stereocenters. The summed E-state index contributed by atoms with van der Waals surface area (Å²) >= 11 is 11.9. The van der Waals surface area contributed by atoms with Crippen molar-refractivity contribution in [3.63, 3.8) is 0 Å². The molecule has 0 saturated carbocycles. The maximum Gasteiger partial charge on any atom is 0.266 e. The topological polar surface area (TPSA) is 66.5 Å². The van der Waals surface area contributed by atoms with Crippen LogP contribution in [0.2, 0.25) is 10.0 Å². The van der Waals surface area contributed by atoms with Crippen LogP contribution in [0.4, 0.5) is 11.4 Å². The number of fused-ring (bicyclic) bond motifs is 1. The summed E-state index contributed by atoms with van der Waals surface area (Å²) in [5.41, 5.74) is 1.95. The number of nitrogens with zero attached hydrogens (tertiary/aromatic N) is 1. The molecule has 4 rings (SSSR count). The van der Waals surface area contributed by atoms with Crippen molar-refractivity contribution in [2.45, 2.75) is 0 Å². The molecule has 3 amide bonds. The van der Waals surface area contributed by atoms with Crippen LogP contribution < -0.4 is 10.2 Å². The predicted octanol–water partition coefficient (Wildman–Crippen LogP) is 5.05. The molecule has 0 fully saturated rings. The van der Waals surface area contributed by atoms with E-state index in [1.807, 2.05) is 0 Å². The standard InChI is InChI=1S/C21H12Cl2N2O3/c22-13-9-14(23)11-15(10-13)24-19(26)12-5-7-16(8-6-12)25-20(27)17-3-1-2-4-18(17)21(25)28/h1-11H,(H,24,26). The number of carbonyl (C=O) groups is 3. The van der Waals surface area contributed by atoms with Gasteiger partial charge in [0.2, 0.25) is 0 Å². The van der Waals surface area contributed by atoms with Crippen LogP contribution in [-0.4, -0.2) is 17.7 Å². The molecule has 0 bridgehead atoms. The number of anilines is 2. The first-order valence-electron chi connectivity index (χ1n) is 8.29. The van der Waals surface area contributed by atoms with Gasteiger partial charge in [0.25, 0.3) is 17.7 Å². The molecule has 0 saturated heterocycles. The smallest absolute Gasteiger partial charge is 0.266 e. The van der Waals surface area contributed by atoms with Gasteiger partial charge in [-0.05, 0) is 54.6 Å². The van der Waals surface area contributed by atoms with Crippen LogP contribution in [0, 0.1) is 0 Å². The van der Waals surface area contributed by atoms with E-state index in [4.69, 9.17) is 23.2 Å². The van der Waals surface area contributed by atoms with Crippen molar-refractivity contribution in [3.05, 3.63) is 93.5 Å². The summed E-state index contributed by atoms with van der Waals surface area (Å²) < 4.78 is 0. The van der Waals surface area contributed by atoms with Crippen molar-refractivity contribution in [2.24, 2.45) is 0 Å². The highest BCUT2D eigenvalue weighted by Crippen LogP contribution is 2.28. The Kier molecular flexibility index (Phi) is 4.63. The lowest BCUT2D eigenvalue weighted by molar-refractivity contribution is 0.0925. The molecule has 0 radical (unpaired) electrons. The number of nitrogens with one attached hydrogen (secondary N) is 1. The summed E-state index contributed by atoms with van der Waals surface area (Å²) in [6.07, 6.45) is 0. The SMILES string of the molecule is O=C(Nc1cc(Cl)cc(Cl)c1)c1ccc(N2C(=O)c3ccccc3C2=O)cc1. The number of halogens is 2. The van der Waals surface area contributed by atoms with E-state index < -0.39 is 0 Å². The molecule has 7 heteroatoms. The third kappa shape index (κ3) is 3.26. The average Bonchev–Trinajstić information content (AvgIpc) is 2.92. The summed E-state index contributed by atoms with van der Waals surface area (Å²) in [5.74, 6) is -1.13. The summed E-state index contributed by atoms with van der Waals surface area (Å²) in [7, 11) is 0. The number of amides is 3. The Morgan fingerprint density at radius 3 is 1.86 bits per heavy atom. The normalized spacial score (nSPS) is 12.9. The van der Waals surface area contributed by atoms with Gasteiger partial charge in [-0.25, -0.2) is 4.90 Å². The highest BCUT2D eigenvalue weighted by Gasteiger charge is 2.36. The van der Waals surface area contributed by atoms with Gasteiger partial charge in [-0.2, -0.15) is 0 Å². The van der Waals surface area contributed by atoms with Gasteiger partial charge in [-0.15, -0.1) is 0 Å². The Morgan fingerprint density at radius 1 is 0.786 bits per heavy atom. The fraction of sp³-hybridized carbons (Fsp3) is 0. The van der Waals surface area contributed by atoms with Gasteiger partial charge >= 0.3 is 0 Å². The van der Waals surface area contributed by atoms with Crippen molar-refractivity contribution in [1.29, 1.82) is 0 Å². The third-order valence-electron chi connectivity index (χ3n) is 4.30. The lowest BCUT2D eigenvalue weighted by Gasteiger charge is -2.14. The molecular weight excluding hydrogens is 399 g/mol. The van der Waals surface area contributed by atoms with Crippen LogP contribution in [0.5, 0.6) is 0 Å². The van der Waals surface area contributed by atoms with Gasteiger partial charge in [-0.3, -0.25) is 14.4 Å². The minimum atomic E-state index is -0.383. The Balaban J connectivity index is 1.55. The molecule has 1 heterocycles. The van der Waals surface area contributed by atoms with E-state index in [0.717, 1.165) is 4.90 Å². The van der Waals surface area contributed by atoms with Gasteiger partial charge in [-0.1, -0.05) is 35.3 Å². The second-order valence-electron chi connectivity index (χ2n) is 6.15. The van der Waals surface area contributed by atoms with Crippen molar-refractivity contribution >= 4 is 52.3 Å². The molecule has 28 heavy (non-hydrogen) atoms. The minimum Gasteiger partial charge on any atom is -0.322 e. The number of imide groups is 1. The molecule has 1 aliphatic heterocycles. The van der Waals surface area contributed by atoms with Crippen molar-refractivity contribution < 1.29 is 14.4 Å². The molecule has 0 aliphatic carbocycles. The lowest BCUT2D eigenvalue weighted by atomic mass is 10.1. The first-order chi connectivity index (χ1) is 13.4. The molecule has 3 aromatic rings. The molecule has 3 aromatic carbocycles. The molecule has 1 N–H and O–H groups in total. The zero-order valence-corrected chi connectivity index (χ0v) is 15.8. The van der Waals surface area contributed by atoms with E-state index in [-0.39, 0.29) is 17.7 Å². The van der Waals surface area contributed by atoms with E-state index >= 15 is 0 Å². The molecule has 0 aromatic heterocycles. The Hall–Kier alpha value is -3.15. The van der Waals surface area contributed by atoms with Crippen LogP contribution >= 0.6 is 23.2 Å². The van der Waals surface area contributed by atoms with Gasteiger partial charge < -0.3 is 5.32 Å². The number of rotatable bonds is 3. The van der Waals surface area contributed by atoms with E-state index in [0.29, 0.717) is 38.1 Å². The highest BCUT2D eigenvalue weighted by molar-refractivity contribution is 6.35. The lowest BCUT2D eigenvalue weighted by Crippen LogP contribution is -2.29. The number of benzene rings is 3. The van der Waals surface area contributed by atoms with Crippen LogP contribution in [0.1, 0.15) is 31.1 Å². The van der Waals surface area contributed by atoms with Crippen LogP contribution in [0.15, 0.2) is 66.7 Å². The first-order valence-corrected chi connectivity index (χ1v) is 9.05. The zero-order valence-electron chi connectivity index (χ0n) is 14.3. The maximum absolute atomic E-state index is 12.5. The highest BCUT2D eigenvalue weighted by atomic mass is 35.5. The van der Waals surface area contributed by atoms with E-state index in [2.05, 4.69) is 5.32 Å². The van der Waals surface area contributed by atoms with E-state index in [9.17, 15) is 14.4 Å². The van der Waals surface area contributed by atoms with Gasteiger partial charge in [0.05, 0.1) is 16.8 Å². The summed E-state index contributed by atoms with van der Waals surface area (Å²) in [6, 6.07) is 17.6. The van der Waals surface area contributed by atoms with Crippen molar-refractivity contribution in [3.8, 4) is 0 Å². The quantitative estimate of drug-likeness (QED) is 0.614. The van der Waals surface area contributed by atoms with Crippen LogP contribution in [0.3, 0.4) is 0 Å². The predicted molar refractivity (Wildman–Crippen MR) is 108 cm³/mol. The Bertz CT molecular complexity index is 1070. The monoisotopic (exact) mass is 410 g/mol. The van der Waals surface area contributed by atoms with Crippen LogP contribution in [-0.2, 0) is 0 Å². The Labute approximate surface area is 170 Å². The number of carbonyl (C=O) groups excluding carboxylic acids is 3. The summed E-state index contributed by atoms with van der Waals surface area (Å²) in [4.78, 5) is 38.6. The fourth-order valence-electron chi connectivity index (χ4n) is 3.01. The van der Waals surface area contributed by atoms with E-state index in [1.54, 1.807) is 66.7 Å². The molecule has 0 spiro atoms. The molecule has 138 valence electrons. The van der Waals surface area contributed by atoms with Crippen molar-refractivity contribution in [1.82, 2.24) is 0 Å². The van der Waals surface area contributed by atoms with Gasteiger partial charge in [0.1, 0.15) is 0 Å². The zero-order chi connectivity index (χ0) is 19.8. The third-order valence-corrected chi connectivity index (χ3v) is 4.74. The van der Waals surface area contributed by atoms with Gasteiger partial charge in [0.15, 0.2) is 0 Å². The Morgan fingerprint density at radius 2 is 1.32 bits per heavy atom. The molecular formula is C21H12Cl2N2O3. The molecule has 0 atom stereocenters. The molecule has 1 aliphatic rings. The summed E-state index contributed by atoms with van der Waals surface area (Å²) in [5, 5.41) is 3.52. The van der Waals surface area contributed by atoms with E-state index in [1.165, 1.54) is 0 Å². The first kappa shape index (κ1) is 18.2. The number of hydrogen-bond acceptors (Lipinski definition) is 3. The summed E-state index contributed by atoms with van der Waals surface area (Å²) in [6.45, 7) is 0. The van der Waals surface area contributed by atoms with Crippen molar-refractivity contribution in [2.75, 3.05) is 10.2 Å². The largest absolute Gasteiger partial charge is 0.322 e. The average molecular weight is 411 g/mol. The second-order valence-corrected chi connectivity index (χ2v) is 7.02. The second kappa shape index (κ2) is 7.11. The molecule has 5 nitrogen and oxygen atoms in total. The maximum atomic E-state index is 12.5. The number of hydrogen-bond donors (Lipinski definition) is 1. The van der Waals surface area contributed by atoms with Crippen LogP contribution in [0.25, 0.3) is 0 Å².